The smallest absolute Gasteiger partial charge is 0.414 e. The van der Waals surface area contributed by atoms with Crippen molar-refractivity contribution < 1.29 is 33.0 Å². The molecule has 0 spiro atoms. The number of carbonyl (C=O) groups is 3. The molecule has 1 aromatic rings. The normalized spacial score (nSPS) is 18.1. The van der Waals surface area contributed by atoms with Crippen LogP contribution in [0.2, 0.25) is 0 Å². The lowest BCUT2D eigenvalue weighted by Crippen LogP contribution is -2.51. The van der Waals surface area contributed by atoms with E-state index in [0.29, 0.717) is 44.2 Å². The Morgan fingerprint density at radius 1 is 1.24 bits per heavy atom. The third-order valence-electron chi connectivity index (χ3n) is 5.31. The number of anilines is 2. The highest BCUT2D eigenvalue weighted by molar-refractivity contribution is 5.90. The second-order valence-corrected chi connectivity index (χ2v) is 7.65. The SMILES string of the molecule is C=C(OCC)OC[C@H]1CN(c2ccc(N3CCN(C(=O)CNC(C)=O)CC3)c(F)c2)C(=O)O1. The van der Waals surface area contributed by atoms with E-state index in [1.54, 1.807) is 24.0 Å². The van der Waals surface area contributed by atoms with Crippen LogP contribution in [0.15, 0.2) is 30.7 Å². The Bertz CT molecular complexity index is 903. The zero-order valence-corrected chi connectivity index (χ0v) is 18.8. The molecule has 11 heteroatoms. The zero-order valence-electron chi connectivity index (χ0n) is 18.8. The Morgan fingerprint density at radius 2 is 1.97 bits per heavy atom. The number of hydrogen-bond acceptors (Lipinski definition) is 7. The van der Waals surface area contributed by atoms with Crippen molar-refractivity contribution in [3.8, 4) is 0 Å². The predicted octanol–water partition coefficient (Wildman–Crippen LogP) is 1.46. The lowest BCUT2D eigenvalue weighted by atomic mass is 10.2. The quantitative estimate of drug-likeness (QED) is 0.552. The van der Waals surface area contributed by atoms with Crippen molar-refractivity contribution >= 4 is 29.3 Å². The number of ether oxygens (including phenoxy) is 3. The molecule has 1 aromatic carbocycles. The summed E-state index contributed by atoms with van der Waals surface area (Å²) in [7, 11) is 0. The monoisotopic (exact) mass is 464 g/mol. The molecule has 2 saturated heterocycles. The van der Waals surface area contributed by atoms with Gasteiger partial charge in [-0.3, -0.25) is 14.5 Å². The molecule has 0 aromatic heterocycles. The summed E-state index contributed by atoms with van der Waals surface area (Å²) in [6.07, 6.45) is -1.11. The van der Waals surface area contributed by atoms with Crippen LogP contribution in [0.4, 0.5) is 20.6 Å². The van der Waals surface area contributed by atoms with Gasteiger partial charge >= 0.3 is 6.09 Å². The van der Waals surface area contributed by atoms with E-state index in [9.17, 15) is 18.8 Å². The third kappa shape index (κ3) is 6.27. The maximum atomic E-state index is 14.9. The van der Waals surface area contributed by atoms with E-state index in [2.05, 4.69) is 11.9 Å². The lowest BCUT2D eigenvalue weighted by Gasteiger charge is -2.36. The minimum atomic E-state index is -0.580. The summed E-state index contributed by atoms with van der Waals surface area (Å²) in [5.74, 6) is -0.750. The van der Waals surface area contributed by atoms with Crippen molar-refractivity contribution in [1.29, 1.82) is 0 Å². The number of piperazine rings is 1. The first-order chi connectivity index (χ1) is 15.8. The molecule has 2 fully saturated rings. The van der Waals surface area contributed by atoms with E-state index in [-0.39, 0.29) is 37.5 Å². The summed E-state index contributed by atoms with van der Waals surface area (Å²) in [5, 5.41) is 2.49. The molecule has 2 heterocycles. The Labute approximate surface area is 191 Å². The number of benzene rings is 1. The van der Waals surface area contributed by atoms with Gasteiger partial charge in [0.05, 0.1) is 31.1 Å². The Balaban J connectivity index is 1.55. The Kier molecular flexibility index (Phi) is 7.96. The molecular formula is C22H29FN4O6. The molecule has 3 amide bonds. The molecule has 2 aliphatic heterocycles. The molecule has 1 N–H and O–H groups in total. The zero-order chi connectivity index (χ0) is 24.0. The van der Waals surface area contributed by atoms with Crippen molar-refractivity contribution in [1.82, 2.24) is 10.2 Å². The predicted molar refractivity (Wildman–Crippen MR) is 118 cm³/mol. The average Bonchev–Trinajstić information content (AvgIpc) is 3.17. The van der Waals surface area contributed by atoms with Crippen LogP contribution in [0.5, 0.6) is 0 Å². The minimum Gasteiger partial charge on any atom is -0.466 e. The van der Waals surface area contributed by atoms with E-state index < -0.39 is 18.0 Å². The summed E-state index contributed by atoms with van der Waals surface area (Å²) in [5.41, 5.74) is 0.782. The van der Waals surface area contributed by atoms with Gasteiger partial charge in [0.2, 0.25) is 11.8 Å². The van der Waals surface area contributed by atoms with Gasteiger partial charge in [0, 0.05) is 33.1 Å². The van der Waals surface area contributed by atoms with Crippen LogP contribution in [0, 0.1) is 5.82 Å². The molecule has 0 unspecified atom stereocenters. The first-order valence-electron chi connectivity index (χ1n) is 10.8. The molecule has 0 saturated carbocycles. The van der Waals surface area contributed by atoms with E-state index in [4.69, 9.17) is 14.2 Å². The second kappa shape index (κ2) is 10.9. The van der Waals surface area contributed by atoms with Crippen molar-refractivity contribution in [2.45, 2.75) is 20.0 Å². The maximum Gasteiger partial charge on any atom is 0.414 e. The fraction of sp³-hybridized carbons (Fsp3) is 0.500. The summed E-state index contributed by atoms with van der Waals surface area (Å²) in [6.45, 7) is 9.20. The molecule has 10 nitrogen and oxygen atoms in total. The van der Waals surface area contributed by atoms with E-state index in [1.165, 1.54) is 17.9 Å². The molecule has 3 rings (SSSR count). The largest absolute Gasteiger partial charge is 0.466 e. The van der Waals surface area contributed by atoms with Gasteiger partial charge in [-0.25, -0.2) is 9.18 Å². The number of rotatable bonds is 9. The number of nitrogens with one attached hydrogen (secondary N) is 1. The molecule has 1 atom stereocenters. The van der Waals surface area contributed by atoms with Crippen molar-refractivity contribution in [3.63, 3.8) is 0 Å². The van der Waals surface area contributed by atoms with Gasteiger partial charge in [-0.1, -0.05) is 0 Å². The minimum absolute atomic E-state index is 0.0455. The fourth-order valence-electron chi connectivity index (χ4n) is 3.64. The van der Waals surface area contributed by atoms with Crippen LogP contribution in [-0.4, -0.2) is 81.4 Å². The number of amides is 3. The van der Waals surface area contributed by atoms with E-state index >= 15 is 0 Å². The van der Waals surface area contributed by atoms with Gasteiger partial charge in [-0.15, -0.1) is 0 Å². The van der Waals surface area contributed by atoms with Crippen LogP contribution in [0.25, 0.3) is 0 Å². The van der Waals surface area contributed by atoms with E-state index in [1.807, 2.05) is 4.90 Å². The van der Waals surface area contributed by atoms with Gasteiger partial charge in [-0.2, -0.15) is 0 Å². The lowest BCUT2D eigenvalue weighted by molar-refractivity contribution is -0.132. The Morgan fingerprint density at radius 3 is 2.61 bits per heavy atom. The van der Waals surface area contributed by atoms with Gasteiger partial charge in [0.1, 0.15) is 12.4 Å². The number of carbonyl (C=O) groups excluding carboxylic acids is 3. The number of nitrogens with zero attached hydrogens (tertiary/aromatic N) is 3. The molecule has 0 aliphatic carbocycles. The average molecular weight is 464 g/mol. The first-order valence-corrected chi connectivity index (χ1v) is 10.8. The standard InChI is InChI=1S/C22H29FN4O6/c1-4-31-16(3)32-14-18-13-27(22(30)33-18)17-5-6-20(19(23)11-17)25-7-9-26(10-8-25)21(29)12-24-15(2)28/h5-6,11,18H,3-4,7-10,12-14H2,1-2H3,(H,24,28)/t18-/m1/s1. The van der Waals surface area contributed by atoms with Crippen molar-refractivity contribution in [2.75, 3.05) is 62.3 Å². The van der Waals surface area contributed by atoms with Crippen LogP contribution in [-0.2, 0) is 23.8 Å². The summed E-state index contributed by atoms with van der Waals surface area (Å²) < 4.78 is 30.6. The van der Waals surface area contributed by atoms with Crippen molar-refractivity contribution in [3.05, 3.63) is 36.5 Å². The van der Waals surface area contributed by atoms with Gasteiger partial charge in [0.25, 0.3) is 5.95 Å². The van der Waals surface area contributed by atoms with Gasteiger partial charge in [0.15, 0.2) is 6.10 Å². The molecule has 33 heavy (non-hydrogen) atoms. The molecular weight excluding hydrogens is 435 g/mol. The van der Waals surface area contributed by atoms with Gasteiger partial charge in [-0.05, 0) is 31.7 Å². The Hall–Kier alpha value is -3.50. The van der Waals surface area contributed by atoms with Crippen LogP contribution in [0.3, 0.4) is 0 Å². The van der Waals surface area contributed by atoms with Crippen molar-refractivity contribution in [2.24, 2.45) is 0 Å². The number of hydrogen-bond donors (Lipinski definition) is 1. The second-order valence-electron chi connectivity index (χ2n) is 7.65. The fourth-order valence-corrected chi connectivity index (χ4v) is 3.64. The molecule has 0 radical (unpaired) electrons. The molecule has 2 aliphatic rings. The van der Waals surface area contributed by atoms with Crippen LogP contribution < -0.4 is 15.1 Å². The molecule has 180 valence electrons. The van der Waals surface area contributed by atoms with Gasteiger partial charge < -0.3 is 29.3 Å². The molecule has 0 bridgehead atoms. The topological polar surface area (TPSA) is 101 Å². The van der Waals surface area contributed by atoms with Crippen LogP contribution >= 0.6 is 0 Å². The van der Waals surface area contributed by atoms with Crippen LogP contribution in [0.1, 0.15) is 13.8 Å². The number of halogens is 1. The summed E-state index contributed by atoms with van der Waals surface area (Å²) in [4.78, 5) is 40.2. The highest BCUT2D eigenvalue weighted by atomic mass is 19.1. The maximum absolute atomic E-state index is 14.9. The summed E-state index contributed by atoms with van der Waals surface area (Å²) >= 11 is 0. The highest BCUT2D eigenvalue weighted by Crippen LogP contribution is 2.28. The van der Waals surface area contributed by atoms with E-state index in [0.717, 1.165) is 0 Å². The number of cyclic esters (lactones) is 1. The summed E-state index contributed by atoms with van der Waals surface area (Å²) in [6, 6.07) is 4.58. The highest BCUT2D eigenvalue weighted by Gasteiger charge is 2.33. The third-order valence-corrected chi connectivity index (χ3v) is 5.31. The first kappa shape index (κ1) is 24.1.